The van der Waals surface area contributed by atoms with Gasteiger partial charge in [0, 0.05) is 26.2 Å². The summed E-state index contributed by atoms with van der Waals surface area (Å²) in [6, 6.07) is 0. The van der Waals surface area contributed by atoms with Gasteiger partial charge in [0.25, 0.3) is 0 Å². The Balaban J connectivity index is 2.45. The third-order valence-corrected chi connectivity index (χ3v) is 3.12. The van der Waals surface area contributed by atoms with Gasteiger partial charge in [-0.05, 0) is 24.5 Å². The van der Waals surface area contributed by atoms with Gasteiger partial charge in [-0.2, -0.15) is 0 Å². The molecule has 0 aromatic rings. The number of hydrogen-bond donors (Lipinski definition) is 2. The lowest BCUT2D eigenvalue weighted by Gasteiger charge is -2.37. The molecule has 1 rings (SSSR count). The van der Waals surface area contributed by atoms with Gasteiger partial charge in [0.1, 0.15) is 6.29 Å². The quantitative estimate of drug-likeness (QED) is 0.394. The standard InChI is InChI=1S/C12H20N2O2/c1-2-11(3-8-15)9-14-6-4-12(16,10-13)5-7-14/h2-3,8,16H,1,4-7,9-10,13H2/b11-3+. The molecule has 1 heterocycles. The lowest BCUT2D eigenvalue weighted by atomic mass is 9.91. The van der Waals surface area contributed by atoms with E-state index in [1.54, 1.807) is 6.08 Å². The number of aliphatic hydroxyl groups is 1. The first kappa shape index (κ1) is 13.1. The molecule has 0 spiro atoms. The maximum atomic E-state index is 10.4. The molecule has 0 unspecified atom stereocenters. The topological polar surface area (TPSA) is 66.6 Å². The number of allylic oxidation sites excluding steroid dienone is 1. The summed E-state index contributed by atoms with van der Waals surface area (Å²) in [6.07, 6.45) is 5.37. The summed E-state index contributed by atoms with van der Waals surface area (Å²) in [4.78, 5) is 12.6. The average Bonchev–Trinajstić information content (AvgIpc) is 2.31. The maximum absolute atomic E-state index is 10.4. The van der Waals surface area contributed by atoms with Crippen LogP contribution in [-0.2, 0) is 4.79 Å². The predicted molar refractivity (Wildman–Crippen MR) is 64.0 cm³/mol. The van der Waals surface area contributed by atoms with Crippen LogP contribution in [0.5, 0.6) is 0 Å². The first-order valence-electron chi connectivity index (χ1n) is 5.55. The zero-order valence-electron chi connectivity index (χ0n) is 9.56. The molecule has 0 radical (unpaired) electrons. The molecular formula is C12H20N2O2. The van der Waals surface area contributed by atoms with E-state index in [-0.39, 0.29) is 0 Å². The lowest BCUT2D eigenvalue weighted by Crippen LogP contribution is -2.48. The molecule has 4 nitrogen and oxygen atoms in total. The molecule has 0 bridgehead atoms. The molecule has 0 aromatic heterocycles. The van der Waals surface area contributed by atoms with Crippen LogP contribution in [0.25, 0.3) is 0 Å². The highest BCUT2D eigenvalue weighted by molar-refractivity contribution is 5.67. The Labute approximate surface area is 96.4 Å². The van der Waals surface area contributed by atoms with E-state index < -0.39 is 5.60 Å². The number of rotatable bonds is 5. The first-order chi connectivity index (χ1) is 7.63. The van der Waals surface area contributed by atoms with E-state index >= 15 is 0 Å². The molecule has 90 valence electrons. The van der Waals surface area contributed by atoms with E-state index in [2.05, 4.69) is 11.5 Å². The van der Waals surface area contributed by atoms with Crippen LogP contribution in [0.2, 0.25) is 0 Å². The second-order valence-corrected chi connectivity index (χ2v) is 4.29. The fourth-order valence-corrected chi connectivity index (χ4v) is 1.86. The van der Waals surface area contributed by atoms with Crippen molar-refractivity contribution >= 4 is 6.29 Å². The number of carbonyl (C=O) groups is 1. The van der Waals surface area contributed by atoms with E-state index in [1.165, 1.54) is 6.08 Å². The number of aldehydes is 1. The van der Waals surface area contributed by atoms with Gasteiger partial charge in [0.2, 0.25) is 0 Å². The van der Waals surface area contributed by atoms with Crippen molar-refractivity contribution in [3.8, 4) is 0 Å². The maximum Gasteiger partial charge on any atom is 0.143 e. The molecule has 0 aromatic carbocycles. The van der Waals surface area contributed by atoms with E-state index in [1.807, 2.05) is 0 Å². The van der Waals surface area contributed by atoms with E-state index in [9.17, 15) is 9.90 Å². The molecule has 0 amide bonds. The Hall–Kier alpha value is -0.970. The summed E-state index contributed by atoms with van der Waals surface area (Å²) in [6.45, 7) is 6.30. The second-order valence-electron chi connectivity index (χ2n) is 4.29. The third kappa shape index (κ3) is 3.56. The van der Waals surface area contributed by atoms with Crippen LogP contribution in [0.3, 0.4) is 0 Å². The van der Waals surface area contributed by atoms with Crippen LogP contribution in [0.4, 0.5) is 0 Å². The zero-order chi connectivity index (χ0) is 12.0. The first-order valence-corrected chi connectivity index (χ1v) is 5.55. The van der Waals surface area contributed by atoms with Crippen LogP contribution in [0.1, 0.15) is 12.8 Å². The van der Waals surface area contributed by atoms with Crippen LogP contribution < -0.4 is 5.73 Å². The van der Waals surface area contributed by atoms with Crippen LogP contribution >= 0.6 is 0 Å². The number of nitrogens with zero attached hydrogens (tertiary/aromatic N) is 1. The summed E-state index contributed by atoms with van der Waals surface area (Å²) in [5, 5.41) is 9.95. The van der Waals surface area contributed by atoms with Crippen LogP contribution in [-0.4, -0.2) is 48.1 Å². The Morgan fingerprint density at radius 1 is 1.50 bits per heavy atom. The zero-order valence-corrected chi connectivity index (χ0v) is 9.56. The van der Waals surface area contributed by atoms with Crippen molar-refractivity contribution < 1.29 is 9.90 Å². The fourth-order valence-electron chi connectivity index (χ4n) is 1.86. The molecule has 0 saturated carbocycles. The molecule has 1 fully saturated rings. The minimum atomic E-state index is -0.695. The van der Waals surface area contributed by atoms with E-state index in [4.69, 9.17) is 5.73 Å². The molecule has 4 heteroatoms. The smallest absolute Gasteiger partial charge is 0.143 e. The SMILES string of the molecule is C=C/C(=C\C=O)CN1CCC(O)(CN)CC1. The Bertz CT molecular complexity index is 279. The Kier molecular flexibility index (Phi) is 4.86. The van der Waals surface area contributed by atoms with E-state index in [0.29, 0.717) is 25.9 Å². The lowest BCUT2D eigenvalue weighted by molar-refractivity contribution is -0.104. The van der Waals surface area contributed by atoms with Crippen LogP contribution in [0, 0.1) is 0 Å². The number of piperidine rings is 1. The highest BCUT2D eigenvalue weighted by atomic mass is 16.3. The summed E-state index contributed by atoms with van der Waals surface area (Å²) in [5.74, 6) is 0. The summed E-state index contributed by atoms with van der Waals surface area (Å²) < 4.78 is 0. The largest absolute Gasteiger partial charge is 0.388 e. The van der Waals surface area contributed by atoms with Crippen molar-refractivity contribution in [3.63, 3.8) is 0 Å². The van der Waals surface area contributed by atoms with Gasteiger partial charge < -0.3 is 10.8 Å². The molecule has 0 atom stereocenters. The normalized spacial score (nSPS) is 21.8. The number of likely N-dealkylation sites (tertiary alicyclic amines) is 1. The van der Waals surface area contributed by atoms with Crippen LogP contribution in [0.15, 0.2) is 24.3 Å². The van der Waals surface area contributed by atoms with Gasteiger partial charge >= 0.3 is 0 Å². The highest BCUT2D eigenvalue weighted by Gasteiger charge is 2.30. The van der Waals surface area contributed by atoms with Crippen molar-refractivity contribution in [2.75, 3.05) is 26.2 Å². The van der Waals surface area contributed by atoms with Crippen molar-refractivity contribution in [3.05, 3.63) is 24.3 Å². The van der Waals surface area contributed by atoms with Gasteiger partial charge in [-0.3, -0.25) is 9.69 Å². The fraction of sp³-hybridized carbons (Fsp3) is 0.583. The highest BCUT2D eigenvalue weighted by Crippen LogP contribution is 2.21. The number of carbonyl (C=O) groups excluding carboxylic acids is 1. The third-order valence-electron chi connectivity index (χ3n) is 3.12. The minimum absolute atomic E-state index is 0.319. The number of nitrogens with two attached hydrogens (primary N) is 1. The van der Waals surface area contributed by atoms with Gasteiger partial charge in [0.15, 0.2) is 0 Å². The molecule has 16 heavy (non-hydrogen) atoms. The van der Waals surface area contributed by atoms with E-state index in [0.717, 1.165) is 24.9 Å². The van der Waals surface area contributed by atoms with Crippen molar-refractivity contribution in [1.29, 1.82) is 0 Å². The molecule has 1 aliphatic rings. The Morgan fingerprint density at radius 3 is 2.56 bits per heavy atom. The molecule has 3 N–H and O–H groups in total. The summed E-state index contributed by atoms with van der Waals surface area (Å²) >= 11 is 0. The van der Waals surface area contributed by atoms with Crippen molar-refractivity contribution in [2.24, 2.45) is 5.73 Å². The van der Waals surface area contributed by atoms with Gasteiger partial charge in [0.05, 0.1) is 5.60 Å². The summed E-state index contributed by atoms with van der Waals surface area (Å²) in [7, 11) is 0. The Morgan fingerprint density at radius 2 is 2.12 bits per heavy atom. The molecule has 1 aliphatic heterocycles. The second kappa shape index (κ2) is 5.94. The average molecular weight is 224 g/mol. The van der Waals surface area contributed by atoms with Gasteiger partial charge in [-0.15, -0.1) is 0 Å². The molecular weight excluding hydrogens is 204 g/mol. The summed E-state index contributed by atoms with van der Waals surface area (Å²) in [5.41, 5.74) is 5.73. The monoisotopic (exact) mass is 224 g/mol. The predicted octanol–water partition coefficient (Wildman–Crippen LogP) is 0.0833. The van der Waals surface area contributed by atoms with Crippen molar-refractivity contribution in [2.45, 2.75) is 18.4 Å². The van der Waals surface area contributed by atoms with Gasteiger partial charge in [-0.25, -0.2) is 0 Å². The number of hydrogen-bond acceptors (Lipinski definition) is 4. The minimum Gasteiger partial charge on any atom is -0.388 e. The van der Waals surface area contributed by atoms with Crippen molar-refractivity contribution in [1.82, 2.24) is 4.90 Å². The van der Waals surface area contributed by atoms with Gasteiger partial charge in [-0.1, -0.05) is 12.7 Å². The molecule has 1 saturated heterocycles. The molecule has 0 aliphatic carbocycles.